The fourth-order valence-corrected chi connectivity index (χ4v) is 2.68. The van der Waals surface area contributed by atoms with E-state index in [-0.39, 0.29) is 11.3 Å². The Morgan fingerprint density at radius 2 is 2.28 bits per heavy atom. The van der Waals surface area contributed by atoms with Gasteiger partial charge in [0.2, 0.25) is 5.91 Å². The largest absolute Gasteiger partial charge is 0.367 e. The van der Waals surface area contributed by atoms with Gasteiger partial charge in [-0.2, -0.15) is 0 Å². The summed E-state index contributed by atoms with van der Waals surface area (Å²) in [5, 5.41) is 3.02. The maximum absolute atomic E-state index is 12.4. The Hall–Kier alpha value is -1.29. The van der Waals surface area contributed by atoms with Gasteiger partial charge in [0, 0.05) is 25.5 Å². The molecule has 4 heteroatoms. The summed E-state index contributed by atoms with van der Waals surface area (Å²) in [7, 11) is 0. The number of carbonyl (C=O) groups is 1. The first-order chi connectivity index (χ1) is 8.66. The van der Waals surface area contributed by atoms with Crippen molar-refractivity contribution in [2.75, 3.05) is 6.54 Å². The second-order valence-electron chi connectivity index (χ2n) is 5.57. The number of carbonyl (C=O) groups excluding carboxylic acids is 1. The van der Waals surface area contributed by atoms with Crippen LogP contribution in [0.4, 0.5) is 0 Å². The van der Waals surface area contributed by atoms with E-state index in [2.05, 4.69) is 17.2 Å². The van der Waals surface area contributed by atoms with Crippen LogP contribution in [0.5, 0.6) is 0 Å². The third-order valence-corrected chi connectivity index (χ3v) is 4.22. The molecule has 0 unspecified atom stereocenters. The molecule has 0 bridgehead atoms. The summed E-state index contributed by atoms with van der Waals surface area (Å²) < 4.78 is 0. The van der Waals surface area contributed by atoms with E-state index in [1.807, 2.05) is 18.5 Å². The van der Waals surface area contributed by atoms with Crippen molar-refractivity contribution in [1.29, 1.82) is 0 Å². The molecule has 100 valence electrons. The first kappa shape index (κ1) is 13.1. The minimum atomic E-state index is -0.331. The highest BCUT2D eigenvalue weighted by molar-refractivity contribution is 5.83. The van der Waals surface area contributed by atoms with Gasteiger partial charge in [-0.3, -0.25) is 4.79 Å². The molecule has 1 aromatic rings. The average Bonchev–Trinajstić information content (AvgIpc) is 2.90. The summed E-state index contributed by atoms with van der Waals surface area (Å²) in [5.74, 6) is 0.847. The molecule has 1 amide bonds. The number of hydrogen-bond acceptors (Lipinski definition) is 2. The predicted octanol–water partition coefficient (Wildman–Crippen LogP) is 1.79. The molecular weight excluding hydrogens is 226 g/mol. The Morgan fingerprint density at radius 3 is 2.83 bits per heavy atom. The van der Waals surface area contributed by atoms with Crippen LogP contribution >= 0.6 is 0 Å². The molecular formula is C14H23N3O. The van der Waals surface area contributed by atoms with Crippen LogP contribution in [0, 0.1) is 11.3 Å². The van der Waals surface area contributed by atoms with Gasteiger partial charge in [0.15, 0.2) is 0 Å². The molecule has 1 aliphatic carbocycles. The van der Waals surface area contributed by atoms with Gasteiger partial charge in [-0.15, -0.1) is 0 Å². The Kier molecular flexibility index (Phi) is 4.07. The molecule has 0 aliphatic heterocycles. The summed E-state index contributed by atoms with van der Waals surface area (Å²) >= 11 is 0. The van der Waals surface area contributed by atoms with Crippen LogP contribution in [0.25, 0.3) is 0 Å². The van der Waals surface area contributed by atoms with E-state index in [9.17, 15) is 4.79 Å². The lowest BCUT2D eigenvalue weighted by Gasteiger charge is -2.37. The Bertz CT molecular complexity index is 378. The van der Waals surface area contributed by atoms with Gasteiger partial charge in [-0.1, -0.05) is 6.92 Å². The van der Waals surface area contributed by atoms with Crippen LogP contribution in [-0.2, 0) is 11.3 Å². The van der Waals surface area contributed by atoms with Gasteiger partial charge in [-0.05, 0) is 43.2 Å². The quantitative estimate of drug-likeness (QED) is 0.761. The Balaban J connectivity index is 1.93. The number of H-pyrrole nitrogens is 1. The SMILES string of the molecule is CC1CCC(CN)(C(=O)NCc2cc[nH]c2)CC1. The van der Waals surface area contributed by atoms with Crippen LogP contribution in [-0.4, -0.2) is 17.4 Å². The number of aromatic amines is 1. The number of nitrogens with two attached hydrogens (primary N) is 1. The van der Waals surface area contributed by atoms with E-state index in [0.717, 1.165) is 37.2 Å². The van der Waals surface area contributed by atoms with Gasteiger partial charge in [0.05, 0.1) is 5.41 Å². The Morgan fingerprint density at radius 1 is 1.56 bits per heavy atom. The molecule has 1 fully saturated rings. The smallest absolute Gasteiger partial charge is 0.227 e. The lowest BCUT2D eigenvalue weighted by molar-refractivity contribution is -0.133. The predicted molar refractivity (Wildman–Crippen MR) is 71.8 cm³/mol. The normalized spacial score (nSPS) is 28.0. The van der Waals surface area contributed by atoms with E-state index in [4.69, 9.17) is 5.73 Å². The molecule has 1 heterocycles. The van der Waals surface area contributed by atoms with E-state index < -0.39 is 0 Å². The number of amides is 1. The van der Waals surface area contributed by atoms with Crippen LogP contribution in [0.3, 0.4) is 0 Å². The summed E-state index contributed by atoms with van der Waals surface area (Å²) in [6.45, 7) is 3.29. The average molecular weight is 249 g/mol. The lowest BCUT2D eigenvalue weighted by Crippen LogP contribution is -2.47. The van der Waals surface area contributed by atoms with Crippen molar-refractivity contribution in [3.8, 4) is 0 Å². The van der Waals surface area contributed by atoms with Crippen LogP contribution in [0.15, 0.2) is 18.5 Å². The zero-order valence-electron chi connectivity index (χ0n) is 11.0. The van der Waals surface area contributed by atoms with Crippen molar-refractivity contribution in [2.45, 2.75) is 39.2 Å². The van der Waals surface area contributed by atoms with Gasteiger partial charge in [-0.25, -0.2) is 0 Å². The molecule has 18 heavy (non-hydrogen) atoms. The van der Waals surface area contributed by atoms with Crippen molar-refractivity contribution < 1.29 is 4.79 Å². The van der Waals surface area contributed by atoms with Gasteiger partial charge in [0.1, 0.15) is 0 Å². The monoisotopic (exact) mass is 249 g/mol. The molecule has 0 aromatic carbocycles. The summed E-state index contributed by atoms with van der Waals surface area (Å²) in [4.78, 5) is 15.3. The second kappa shape index (κ2) is 5.57. The number of aromatic nitrogens is 1. The summed E-state index contributed by atoms with van der Waals surface area (Å²) in [5.41, 5.74) is 6.63. The fraction of sp³-hybridized carbons (Fsp3) is 0.643. The molecule has 1 saturated carbocycles. The highest BCUT2D eigenvalue weighted by Gasteiger charge is 2.39. The zero-order valence-corrected chi connectivity index (χ0v) is 11.0. The number of rotatable bonds is 4. The van der Waals surface area contributed by atoms with E-state index in [1.54, 1.807) is 0 Å². The van der Waals surface area contributed by atoms with Crippen LogP contribution in [0.1, 0.15) is 38.2 Å². The van der Waals surface area contributed by atoms with Gasteiger partial charge >= 0.3 is 0 Å². The van der Waals surface area contributed by atoms with Gasteiger partial charge in [0.25, 0.3) is 0 Å². The first-order valence-corrected chi connectivity index (χ1v) is 6.76. The van der Waals surface area contributed by atoms with E-state index in [0.29, 0.717) is 13.1 Å². The minimum absolute atomic E-state index is 0.123. The molecule has 4 N–H and O–H groups in total. The Labute approximate surface area is 108 Å². The fourth-order valence-electron chi connectivity index (χ4n) is 2.68. The minimum Gasteiger partial charge on any atom is -0.367 e. The maximum Gasteiger partial charge on any atom is 0.227 e. The maximum atomic E-state index is 12.4. The van der Waals surface area contributed by atoms with Crippen LogP contribution in [0.2, 0.25) is 0 Å². The van der Waals surface area contributed by atoms with E-state index in [1.165, 1.54) is 0 Å². The molecule has 2 rings (SSSR count). The lowest BCUT2D eigenvalue weighted by atomic mass is 9.70. The molecule has 0 spiro atoms. The highest BCUT2D eigenvalue weighted by Crippen LogP contribution is 2.38. The summed E-state index contributed by atoms with van der Waals surface area (Å²) in [6.07, 6.45) is 7.82. The molecule has 1 aliphatic rings. The number of nitrogens with one attached hydrogen (secondary N) is 2. The molecule has 0 atom stereocenters. The first-order valence-electron chi connectivity index (χ1n) is 6.76. The number of hydrogen-bond donors (Lipinski definition) is 3. The van der Waals surface area contributed by atoms with Crippen LogP contribution < -0.4 is 11.1 Å². The standard InChI is InChI=1S/C14H23N3O/c1-11-2-5-14(10-15,6-3-11)13(18)17-9-12-4-7-16-8-12/h4,7-8,11,16H,2-3,5-6,9-10,15H2,1H3,(H,17,18). The van der Waals surface area contributed by atoms with Crippen molar-refractivity contribution in [3.63, 3.8) is 0 Å². The summed E-state index contributed by atoms with van der Waals surface area (Å²) in [6, 6.07) is 1.97. The molecule has 1 aromatic heterocycles. The molecule has 0 radical (unpaired) electrons. The van der Waals surface area contributed by atoms with E-state index >= 15 is 0 Å². The topological polar surface area (TPSA) is 70.9 Å². The van der Waals surface area contributed by atoms with Crippen molar-refractivity contribution in [1.82, 2.24) is 10.3 Å². The van der Waals surface area contributed by atoms with Crippen molar-refractivity contribution in [2.24, 2.45) is 17.1 Å². The molecule has 0 saturated heterocycles. The van der Waals surface area contributed by atoms with Gasteiger partial charge < -0.3 is 16.0 Å². The highest BCUT2D eigenvalue weighted by atomic mass is 16.2. The van der Waals surface area contributed by atoms with Crippen molar-refractivity contribution >= 4 is 5.91 Å². The molecule has 4 nitrogen and oxygen atoms in total. The third-order valence-electron chi connectivity index (χ3n) is 4.22. The second-order valence-corrected chi connectivity index (χ2v) is 5.57. The third kappa shape index (κ3) is 2.75. The zero-order chi connectivity index (χ0) is 13.0. The van der Waals surface area contributed by atoms with Crippen molar-refractivity contribution in [3.05, 3.63) is 24.0 Å².